The van der Waals surface area contributed by atoms with Gasteiger partial charge in [-0.3, -0.25) is 0 Å². The van der Waals surface area contributed by atoms with Gasteiger partial charge in [0.05, 0.1) is 67.7 Å². The first kappa shape index (κ1) is 44.0. The summed E-state index contributed by atoms with van der Waals surface area (Å²) in [6.45, 7) is 16.6. The number of esters is 4. The van der Waals surface area contributed by atoms with E-state index in [1.54, 1.807) is 27.7 Å². The van der Waals surface area contributed by atoms with Gasteiger partial charge < -0.3 is 28.4 Å². The summed E-state index contributed by atoms with van der Waals surface area (Å²) in [6.07, 6.45) is 8.13. The van der Waals surface area contributed by atoms with Gasteiger partial charge in [0.2, 0.25) is 0 Å². The second kappa shape index (κ2) is 22.7. The van der Waals surface area contributed by atoms with Crippen LogP contribution in [0.25, 0.3) is 0 Å². The summed E-state index contributed by atoms with van der Waals surface area (Å²) >= 11 is 4.97. The van der Waals surface area contributed by atoms with Crippen LogP contribution in [0.15, 0.2) is 39.2 Å². The van der Waals surface area contributed by atoms with E-state index in [4.69, 9.17) is 28.4 Å². The lowest BCUT2D eigenvalue weighted by atomic mass is 10.0. The Hall–Kier alpha value is -2.42. The van der Waals surface area contributed by atoms with Crippen LogP contribution in [0, 0.1) is 11.8 Å². The minimum Gasteiger partial charge on any atom is -0.491 e. The zero-order chi connectivity index (χ0) is 38.2. The van der Waals surface area contributed by atoms with Crippen LogP contribution in [0.4, 0.5) is 0 Å². The van der Waals surface area contributed by atoms with E-state index >= 15 is 0 Å². The van der Waals surface area contributed by atoms with Crippen molar-refractivity contribution in [2.75, 3.05) is 39.6 Å². The van der Waals surface area contributed by atoms with Crippen LogP contribution in [-0.4, -0.2) is 63.5 Å². The summed E-state index contributed by atoms with van der Waals surface area (Å²) in [5.41, 5.74) is -0.355. The Labute approximate surface area is 326 Å². The van der Waals surface area contributed by atoms with E-state index in [1.165, 1.54) is 47.0 Å². The Morgan fingerprint density at radius 1 is 0.481 bits per heavy atom. The van der Waals surface area contributed by atoms with Crippen molar-refractivity contribution in [2.45, 2.75) is 126 Å². The number of hydrogen-bond acceptors (Lipinski definition) is 14. The van der Waals surface area contributed by atoms with Crippen LogP contribution in [0.3, 0.4) is 0 Å². The molecule has 14 heteroatoms. The Balaban J connectivity index is 2.33. The van der Waals surface area contributed by atoms with Gasteiger partial charge in [0.25, 0.3) is 0 Å². The van der Waals surface area contributed by atoms with Crippen LogP contribution in [0.5, 0.6) is 11.5 Å². The fourth-order valence-electron chi connectivity index (χ4n) is 5.38. The first-order chi connectivity index (χ1) is 25.1. The molecule has 0 amide bonds. The zero-order valence-electron chi connectivity index (χ0n) is 31.8. The number of hydrogen-bond donors (Lipinski definition) is 0. The molecule has 2 unspecified atom stereocenters. The van der Waals surface area contributed by atoms with E-state index in [9.17, 15) is 19.2 Å². The summed E-state index contributed by atoms with van der Waals surface area (Å²) in [5, 5.41) is 0. The van der Waals surface area contributed by atoms with Gasteiger partial charge in [-0.05, 0) is 52.4 Å². The molecule has 0 N–H and O–H groups in total. The fourth-order valence-corrected chi connectivity index (χ4v) is 10.9. The van der Waals surface area contributed by atoms with Crippen molar-refractivity contribution >= 4 is 70.9 Å². The molecule has 0 radical (unpaired) electrons. The molecule has 0 saturated heterocycles. The molecule has 0 fully saturated rings. The topological polar surface area (TPSA) is 124 Å². The molecule has 52 heavy (non-hydrogen) atoms. The predicted octanol–water partition coefficient (Wildman–Crippen LogP) is 9.95. The molecular formula is C38H54O10S4. The number of fused-ring (bicyclic) bond motifs is 2. The van der Waals surface area contributed by atoms with Crippen molar-refractivity contribution in [2.24, 2.45) is 11.8 Å². The van der Waals surface area contributed by atoms with Gasteiger partial charge in [-0.1, -0.05) is 113 Å². The minimum absolute atomic E-state index is 0.0896. The monoisotopic (exact) mass is 798 g/mol. The normalized spacial score (nSPS) is 14.2. The molecule has 2 aliphatic heterocycles. The molecule has 0 saturated carbocycles. The van der Waals surface area contributed by atoms with Crippen molar-refractivity contribution in [3.63, 3.8) is 0 Å². The van der Waals surface area contributed by atoms with Crippen molar-refractivity contribution < 1.29 is 47.6 Å². The molecule has 2 atom stereocenters. The summed E-state index contributed by atoms with van der Waals surface area (Å²) < 4.78 is 35.6. The molecule has 2 heterocycles. The molecule has 0 spiro atoms. The average Bonchev–Trinajstić information content (AvgIpc) is 3.74. The highest BCUT2D eigenvalue weighted by atomic mass is 32.2. The first-order valence-corrected chi connectivity index (χ1v) is 21.8. The van der Waals surface area contributed by atoms with E-state index in [-0.39, 0.29) is 37.6 Å². The summed E-state index contributed by atoms with van der Waals surface area (Å²) in [7, 11) is 0. The molecule has 290 valence electrons. The standard InChI is InChI=1S/C38H54O10S4/c1-9-17-19-23(11-3)21-47-27-29-31(51-37(49-29)25(33(39)43-13-5)34(40)44-14-6)28(48-22-24(12-4)20-18-10-2)32-30(27)50-38(52-32)26(35(41)45-15-7)36(42)46-16-8/h23-24H,9-22H2,1-8H3. The fraction of sp³-hybridized carbons (Fsp3) is 0.632. The molecule has 0 bridgehead atoms. The average molecular weight is 799 g/mol. The Morgan fingerprint density at radius 3 is 1.00 bits per heavy atom. The molecule has 1 aromatic rings. The first-order valence-electron chi connectivity index (χ1n) is 18.5. The summed E-state index contributed by atoms with van der Waals surface area (Å²) in [5.74, 6) is -1.38. The third-order valence-electron chi connectivity index (χ3n) is 8.36. The van der Waals surface area contributed by atoms with E-state index in [0.29, 0.717) is 64.6 Å². The Morgan fingerprint density at radius 2 is 0.769 bits per heavy atom. The quantitative estimate of drug-likeness (QED) is 0.0363. The maximum atomic E-state index is 13.3. The maximum Gasteiger partial charge on any atom is 0.347 e. The molecule has 10 nitrogen and oxygen atoms in total. The molecule has 2 aliphatic rings. The van der Waals surface area contributed by atoms with Crippen LogP contribution in [-0.2, 0) is 38.1 Å². The Kier molecular flexibility index (Phi) is 19.2. The number of ether oxygens (including phenoxy) is 6. The SMILES string of the molecule is CCCCC(CC)COc1c2c(c(OCC(CC)CCCC)c3c1SC(=C(C(=O)OCC)C(=O)OCC)S3)SC(=C(C(=O)OCC)C(=O)OCC)S2. The lowest BCUT2D eigenvalue weighted by Crippen LogP contribution is -2.19. The smallest absolute Gasteiger partial charge is 0.347 e. The maximum absolute atomic E-state index is 13.3. The zero-order valence-corrected chi connectivity index (χ0v) is 35.0. The van der Waals surface area contributed by atoms with Crippen molar-refractivity contribution in [3.8, 4) is 11.5 Å². The van der Waals surface area contributed by atoms with Gasteiger partial charge in [0.1, 0.15) is 11.5 Å². The minimum atomic E-state index is -0.764. The van der Waals surface area contributed by atoms with Gasteiger partial charge in [0, 0.05) is 0 Å². The molecule has 3 rings (SSSR count). The van der Waals surface area contributed by atoms with E-state index in [0.717, 1.165) is 51.4 Å². The second-order valence-corrected chi connectivity index (χ2v) is 16.6. The highest BCUT2D eigenvalue weighted by Gasteiger charge is 2.42. The second-order valence-electron chi connectivity index (χ2n) is 12.0. The summed E-state index contributed by atoms with van der Waals surface area (Å²) in [6, 6.07) is 0. The number of unbranched alkanes of at least 4 members (excludes halogenated alkanes) is 2. The predicted molar refractivity (Wildman–Crippen MR) is 208 cm³/mol. The molecule has 1 aromatic carbocycles. The lowest BCUT2D eigenvalue weighted by Gasteiger charge is -2.22. The highest BCUT2D eigenvalue weighted by molar-refractivity contribution is 8.26. The van der Waals surface area contributed by atoms with Gasteiger partial charge in [0.15, 0.2) is 11.1 Å². The third-order valence-corrected chi connectivity index (χ3v) is 13.5. The highest BCUT2D eigenvalue weighted by Crippen LogP contribution is 2.68. The number of carbonyl (C=O) groups excluding carboxylic acids is 4. The van der Waals surface area contributed by atoms with Crippen LogP contribution in [0.2, 0.25) is 0 Å². The third kappa shape index (κ3) is 11.3. The van der Waals surface area contributed by atoms with Crippen molar-refractivity contribution in [1.82, 2.24) is 0 Å². The summed E-state index contributed by atoms with van der Waals surface area (Å²) in [4.78, 5) is 55.8. The van der Waals surface area contributed by atoms with Gasteiger partial charge >= 0.3 is 23.9 Å². The lowest BCUT2D eigenvalue weighted by molar-refractivity contribution is -0.148. The van der Waals surface area contributed by atoms with Crippen LogP contribution < -0.4 is 9.47 Å². The van der Waals surface area contributed by atoms with Gasteiger partial charge in [-0.15, -0.1) is 0 Å². The molecular weight excluding hydrogens is 745 g/mol. The van der Waals surface area contributed by atoms with E-state index < -0.39 is 23.9 Å². The number of benzene rings is 1. The largest absolute Gasteiger partial charge is 0.491 e. The van der Waals surface area contributed by atoms with Gasteiger partial charge in [-0.2, -0.15) is 0 Å². The Bertz CT molecular complexity index is 1300. The van der Waals surface area contributed by atoms with Crippen LogP contribution >= 0.6 is 47.0 Å². The number of thioether (sulfide) groups is 4. The number of carbonyl (C=O) groups is 4. The van der Waals surface area contributed by atoms with Crippen molar-refractivity contribution in [3.05, 3.63) is 19.6 Å². The molecule has 0 aliphatic carbocycles. The van der Waals surface area contributed by atoms with Crippen LogP contribution in [0.1, 0.15) is 107 Å². The van der Waals surface area contributed by atoms with Crippen molar-refractivity contribution in [1.29, 1.82) is 0 Å². The van der Waals surface area contributed by atoms with Gasteiger partial charge in [-0.25, -0.2) is 19.2 Å². The van der Waals surface area contributed by atoms with E-state index in [1.807, 2.05) is 0 Å². The van der Waals surface area contributed by atoms with E-state index in [2.05, 4.69) is 27.7 Å². The molecule has 0 aromatic heterocycles. The number of rotatable bonds is 22.